The van der Waals surface area contributed by atoms with Gasteiger partial charge in [-0.3, -0.25) is 4.90 Å². The Balaban J connectivity index is 1.51. The van der Waals surface area contributed by atoms with Crippen LogP contribution in [0.4, 0.5) is 0 Å². The number of nitrogens with one attached hydrogen (secondary N) is 2. The molecule has 3 rings (SSSR count). The Labute approximate surface area is 174 Å². The van der Waals surface area contributed by atoms with E-state index in [2.05, 4.69) is 77.9 Å². The molecule has 5 nitrogen and oxygen atoms in total. The molecule has 5 heteroatoms. The van der Waals surface area contributed by atoms with Crippen LogP contribution in [0.25, 0.3) is 0 Å². The van der Waals surface area contributed by atoms with Crippen LogP contribution in [0.5, 0.6) is 0 Å². The van der Waals surface area contributed by atoms with Gasteiger partial charge in [0.2, 0.25) is 0 Å². The van der Waals surface area contributed by atoms with Gasteiger partial charge in [0, 0.05) is 32.7 Å². The van der Waals surface area contributed by atoms with E-state index < -0.39 is 0 Å². The van der Waals surface area contributed by atoms with Gasteiger partial charge in [-0.25, -0.2) is 4.99 Å². The van der Waals surface area contributed by atoms with Crippen LogP contribution in [0.1, 0.15) is 42.0 Å². The third kappa shape index (κ3) is 7.18. The Kier molecular flexibility index (Phi) is 8.08. The lowest BCUT2D eigenvalue weighted by Gasteiger charge is -2.29. The molecule has 1 aliphatic rings. The number of nitrogens with zero attached hydrogens (tertiary/aromatic N) is 2. The summed E-state index contributed by atoms with van der Waals surface area (Å²) in [6, 6.07) is 17.3. The smallest absolute Gasteiger partial charge is 0.191 e. The number of hydrogen-bond donors (Lipinski definition) is 3. The van der Waals surface area contributed by atoms with E-state index in [0.717, 1.165) is 51.5 Å². The van der Waals surface area contributed by atoms with Crippen molar-refractivity contribution in [2.24, 2.45) is 4.99 Å². The van der Waals surface area contributed by atoms with Crippen molar-refractivity contribution >= 4 is 5.96 Å². The van der Waals surface area contributed by atoms with Gasteiger partial charge in [0.15, 0.2) is 5.96 Å². The first-order chi connectivity index (χ1) is 14.1. The first-order valence-electron chi connectivity index (χ1n) is 10.7. The molecule has 1 heterocycles. The zero-order valence-electron chi connectivity index (χ0n) is 17.7. The molecule has 0 aliphatic carbocycles. The Morgan fingerprint density at radius 3 is 2.24 bits per heavy atom. The largest absolute Gasteiger partial charge is 0.393 e. The summed E-state index contributed by atoms with van der Waals surface area (Å²) in [6.07, 6.45) is 1.66. The standard InChI is InChI=1S/C24H34N4O/c1-3-25-24(26-16-20-6-4-19(2)5-7-20)27-17-21-8-10-22(11-9-21)18-28-14-12-23(29)13-15-28/h4-11,23,29H,3,12-18H2,1-2H3,(H2,25,26,27). The van der Waals surface area contributed by atoms with Crippen molar-refractivity contribution in [1.82, 2.24) is 15.5 Å². The zero-order valence-corrected chi connectivity index (χ0v) is 17.7. The summed E-state index contributed by atoms with van der Waals surface area (Å²) in [6.45, 7) is 9.34. The van der Waals surface area contributed by atoms with Crippen molar-refractivity contribution in [3.8, 4) is 0 Å². The zero-order chi connectivity index (χ0) is 20.5. The van der Waals surface area contributed by atoms with Crippen LogP contribution in [0, 0.1) is 6.92 Å². The highest BCUT2D eigenvalue weighted by Crippen LogP contribution is 2.14. The molecule has 0 aromatic heterocycles. The van der Waals surface area contributed by atoms with Crippen molar-refractivity contribution in [2.75, 3.05) is 19.6 Å². The minimum atomic E-state index is -0.114. The monoisotopic (exact) mass is 394 g/mol. The van der Waals surface area contributed by atoms with Crippen molar-refractivity contribution in [3.05, 3.63) is 70.8 Å². The summed E-state index contributed by atoms with van der Waals surface area (Å²) < 4.78 is 0. The molecular weight excluding hydrogens is 360 g/mol. The van der Waals surface area contributed by atoms with Gasteiger partial charge in [-0.1, -0.05) is 54.1 Å². The third-order valence-electron chi connectivity index (χ3n) is 5.33. The van der Waals surface area contributed by atoms with E-state index in [-0.39, 0.29) is 6.10 Å². The Morgan fingerprint density at radius 2 is 1.59 bits per heavy atom. The van der Waals surface area contributed by atoms with Crippen molar-refractivity contribution in [2.45, 2.75) is 52.4 Å². The number of aliphatic imine (C=N–C) groups is 1. The van der Waals surface area contributed by atoms with Gasteiger partial charge < -0.3 is 15.7 Å². The topological polar surface area (TPSA) is 59.9 Å². The first kappa shape index (κ1) is 21.3. The minimum absolute atomic E-state index is 0.114. The summed E-state index contributed by atoms with van der Waals surface area (Å²) >= 11 is 0. The molecule has 0 saturated carbocycles. The van der Waals surface area contributed by atoms with Crippen molar-refractivity contribution < 1.29 is 5.11 Å². The van der Waals surface area contributed by atoms with E-state index in [9.17, 15) is 5.11 Å². The van der Waals surface area contributed by atoms with E-state index in [1.54, 1.807) is 0 Å². The number of hydrogen-bond acceptors (Lipinski definition) is 3. The Bertz CT molecular complexity index is 762. The highest BCUT2D eigenvalue weighted by Gasteiger charge is 2.16. The maximum atomic E-state index is 9.64. The second kappa shape index (κ2) is 11.0. The second-order valence-electron chi connectivity index (χ2n) is 7.86. The summed E-state index contributed by atoms with van der Waals surface area (Å²) in [4.78, 5) is 7.14. The molecule has 29 heavy (non-hydrogen) atoms. The predicted molar refractivity (Wildman–Crippen MR) is 120 cm³/mol. The van der Waals surface area contributed by atoms with Gasteiger partial charge in [-0.2, -0.15) is 0 Å². The molecule has 0 atom stereocenters. The molecule has 2 aromatic rings. The summed E-state index contributed by atoms with van der Waals surface area (Å²) in [5, 5.41) is 16.4. The lowest BCUT2D eigenvalue weighted by molar-refractivity contribution is 0.0792. The van der Waals surface area contributed by atoms with Crippen LogP contribution in [0.2, 0.25) is 0 Å². The fourth-order valence-electron chi connectivity index (χ4n) is 3.49. The molecule has 1 fully saturated rings. The van der Waals surface area contributed by atoms with Crippen LogP contribution >= 0.6 is 0 Å². The van der Waals surface area contributed by atoms with Crippen LogP contribution < -0.4 is 10.6 Å². The van der Waals surface area contributed by atoms with Crippen LogP contribution in [-0.2, 0) is 19.6 Å². The van der Waals surface area contributed by atoms with Crippen LogP contribution in [-0.4, -0.2) is 41.7 Å². The molecular formula is C24H34N4O. The summed E-state index contributed by atoms with van der Waals surface area (Å²) in [5.41, 5.74) is 5.04. The number of aryl methyl sites for hydroxylation is 1. The van der Waals surface area contributed by atoms with Gasteiger partial charge in [0.05, 0.1) is 12.6 Å². The first-order valence-corrected chi connectivity index (χ1v) is 10.7. The van der Waals surface area contributed by atoms with Gasteiger partial charge >= 0.3 is 0 Å². The number of aliphatic hydroxyl groups excluding tert-OH is 1. The van der Waals surface area contributed by atoms with Crippen molar-refractivity contribution in [1.29, 1.82) is 0 Å². The van der Waals surface area contributed by atoms with Crippen LogP contribution in [0.15, 0.2) is 53.5 Å². The second-order valence-corrected chi connectivity index (χ2v) is 7.86. The van der Waals surface area contributed by atoms with Gasteiger partial charge in [0.1, 0.15) is 0 Å². The Hall–Kier alpha value is -2.37. The van der Waals surface area contributed by atoms with E-state index >= 15 is 0 Å². The molecule has 0 unspecified atom stereocenters. The van der Waals surface area contributed by atoms with Crippen molar-refractivity contribution in [3.63, 3.8) is 0 Å². The highest BCUT2D eigenvalue weighted by atomic mass is 16.3. The van der Waals surface area contributed by atoms with E-state index in [1.807, 2.05) is 0 Å². The normalized spacial score (nSPS) is 16.0. The number of benzene rings is 2. The number of piperidine rings is 1. The number of aliphatic hydroxyl groups is 1. The summed E-state index contributed by atoms with van der Waals surface area (Å²) in [5.74, 6) is 0.837. The Morgan fingerprint density at radius 1 is 0.966 bits per heavy atom. The van der Waals surface area contributed by atoms with E-state index in [1.165, 1.54) is 22.3 Å². The molecule has 1 aliphatic heterocycles. The minimum Gasteiger partial charge on any atom is -0.393 e. The van der Waals surface area contributed by atoms with Gasteiger partial charge in [-0.05, 0) is 43.4 Å². The molecule has 0 spiro atoms. The molecule has 156 valence electrons. The average molecular weight is 395 g/mol. The molecule has 0 amide bonds. The molecule has 0 bridgehead atoms. The molecule has 2 aromatic carbocycles. The van der Waals surface area contributed by atoms with Gasteiger partial charge in [-0.15, -0.1) is 0 Å². The average Bonchev–Trinajstić information content (AvgIpc) is 2.74. The SMILES string of the molecule is CCNC(=NCc1ccc(CN2CCC(O)CC2)cc1)NCc1ccc(C)cc1. The lowest BCUT2D eigenvalue weighted by Crippen LogP contribution is -2.36. The summed E-state index contributed by atoms with van der Waals surface area (Å²) in [7, 11) is 0. The number of rotatable bonds is 7. The maximum Gasteiger partial charge on any atom is 0.191 e. The lowest BCUT2D eigenvalue weighted by atomic mass is 10.1. The number of likely N-dealkylation sites (tertiary alicyclic amines) is 1. The number of guanidine groups is 1. The maximum absolute atomic E-state index is 9.64. The third-order valence-corrected chi connectivity index (χ3v) is 5.33. The van der Waals surface area contributed by atoms with E-state index in [0.29, 0.717) is 6.54 Å². The highest BCUT2D eigenvalue weighted by molar-refractivity contribution is 5.79. The molecule has 1 saturated heterocycles. The fraction of sp³-hybridized carbons (Fsp3) is 0.458. The van der Waals surface area contributed by atoms with Crippen LogP contribution in [0.3, 0.4) is 0 Å². The predicted octanol–water partition coefficient (Wildman–Crippen LogP) is 3.21. The van der Waals surface area contributed by atoms with Gasteiger partial charge in [0.25, 0.3) is 0 Å². The fourth-order valence-corrected chi connectivity index (χ4v) is 3.49. The van der Waals surface area contributed by atoms with E-state index in [4.69, 9.17) is 4.99 Å². The molecule has 0 radical (unpaired) electrons. The quantitative estimate of drug-likeness (QED) is 0.499. The molecule has 3 N–H and O–H groups in total.